The lowest BCUT2D eigenvalue weighted by Gasteiger charge is -2.37. The number of carbonyl (C=O) groups is 1. The minimum absolute atomic E-state index is 0.117. The quantitative estimate of drug-likeness (QED) is 0.794. The number of rotatable bonds is 3. The highest BCUT2D eigenvalue weighted by atomic mass is 35.5. The van der Waals surface area contributed by atoms with Gasteiger partial charge in [-0.15, -0.1) is 0 Å². The molecule has 0 radical (unpaired) electrons. The minimum atomic E-state index is 0.117. The predicted octanol–water partition coefficient (Wildman–Crippen LogP) is 3.35. The van der Waals surface area contributed by atoms with Crippen molar-refractivity contribution in [1.82, 2.24) is 4.90 Å². The van der Waals surface area contributed by atoms with Crippen LogP contribution < -0.4 is 0 Å². The first-order chi connectivity index (χ1) is 8.59. The molecule has 98 valence electrons. The SMILES string of the molecule is CC1SCCN(CC(=O)c2ccccc2Cl)C1C. The van der Waals surface area contributed by atoms with Crippen LogP contribution in [-0.2, 0) is 0 Å². The van der Waals surface area contributed by atoms with Gasteiger partial charge in [-0.05, 0) is 19.1 Å². The van der Waals surface area contributed by atoms with Gasteiger partial charge in [0.2, 0.25) is 0 Å². The third-order valence-electron chi connectivity index (χ3n) is 3.54. The largest absolute Gasteiger partial charge is 0.293 e. The van der Waals surface area contributed by atoms with E-state index in [1.807, 2.05) is 23.9 Å². The van der Waals surface area contributed by atoms with E-state index >= 15 is 0 Å². The van der Waals surface area contributed by atoms with Crippen LogP contribution in [0.5, 0.6) is 0 Å². The molecule has 0 spiro atoms. The van der Waals surface area contributed by atoms with Crippen molar-refractivity contribution in [2.24, 2.45) is 0 Å². The molecule has 1 aliphatic heterocycles. The van der Waals surface area contributed by atoms with Crippen molar-refractivity contribution in [3.63, 3.8) is 0 Å². The molecule has 0 N–H and O–H groups in total. The number of ketones is 1. The topological polar surface area (TPSA) is 20.3 Å². The molecule has 1 fully saturated rings. The first-order valence-electron chi connectivity index (χ1n) is 6.23. The monoisotopic (exact) mass is 283 g/mol. The van der Waals surface area contributed by atoms with Gasteiger partial charge in [-0.1, -0.05) is 30.7 Å². The summed E-state index contributed by atoms with van der Waals surface area (Å²) in [5.41, 5.74) is 0.636. The predicted molar refractivity (Wildman–Crippen MR) is 78.7 cm³/mol. The van der Waals surface area contributed by atoms with Crippen LogP contribution in [0.1, 0.15) is 24.2 Å². The van der Waals surface area contributed by atoms with Crippen molar-refractivity contribution in [2.45, 2.75) is 25.1 Å². The molecule has 2 atom stereocenters. The van der Waals surface area contributed by atoms with Gasteiger partial charge in [0, 0.05) is 29.2 Å². The summed E-state index contributed by atoms with van der Waals surface area (Å²) in [6.45, 7) is 5.86. The van der Waals surface area contributed by atoms with Crippen LogP contribution in [0.25, 0.3) is 0 Å². The second-order valence-electron chi connectivity index (χ2n) is 4.69. The number of nitrogens with zero attached hydrogens (tertiary/aromatic N) is 1. The molecule has 0 aliphatic carbocycles. The molecule has 1 heterocycles. The fourth-order valence-corrected chi connectivity index (χ4v) is 3.58. The van der Waals surface area contributed by atoms with E-state index in [2.05, 4.69) is 18.7 Å². The number of benzene rings is 1. The molecule has 1 aliphatic rings. The Bertz CT molecular complexity index is 438. The number of carbonyl (C=O) groups excluding carboxylic acids is 1. The van der Waals surface area contributed by atoms with Gasteiger partial charge < -0.3 is 0 Å². The summed E-state index contributed by atoms with van der Waals surface area (Å²) in [6.07, 6.45) is 0. The average Bonchev–Trinajstić information content (AvgIpc) is 2.35. The number of Topliss-reactive ketones (excluding diaryl/α,β-unsaturated/α-hetero) is 1. The normalized spacial score (nSPS) is 25.1. The van der Waals surface area contributed by atoms with Crippen molar-refractivity contribution < 1.29 is 4.79 Å². The molecule has 0 bridgehead atoms. The average molecular weight is 284 g/mol. The van der Waals surface area contributed by atoms with Crippen LogP contribution in [0, 0.1) is 0 Å². The van der Waals surface area contributed by atoms with E-state index in [1.165, 1.54) is 0 Å². The molecule has 2 nitrogen and oxygen atoms in total. The summed E-state index contributed by atoms with van der Waals surface area (Å²) in [6, 6.07) is 7.72. The van der Waals surface area contributed by atoms with Gasteiger partial charge >= 0.3 is 0 Å². The highest BCUT2D eigenvalue weighted by Crippen LogP contribution is 2.25. The van der Waals surface area contributed by atoms with Crippen molar-refractivity contribution in [3.05, 3.63) is 34.9 Å². The molecule has 1 aromatic rings. The van der Waals surface area contributed by atoms with Crippen LogP contribution in [0.4, 0.5) is 0 Å². The fraction of sp³-hybridized carbons (Fsp3) is 0.500. The maximum Gasteiger partial charge on any atom is 0.178 e. The van der Waals surface area contributed by atoms with Gasteiger partial charge in [0.05, 0.1) is 11.6 Å². The summed E-state index contributed by atoms with van der Waals surface area (Å²) in [5.74, 6) is 1.22. The van der Waals surface area contributed by atoms with Gasteiger partial charge in [0.25, 0.3) is 0 Å². The zero-order valence-corrected chi connectivity index (χ0v) is 12.3. The van der Waals surface area contributed by atoms with Crippen molar-refractivity contribution >= 4 is 29.1 Å². The van der Waals surface area contributed by atoms with Crippen LogP contribution in [0.15, 0.2) is 24.3 Å². The Kier molecular flexibility index (Phi) is 4.71. The maximum atomic E-state index is 12.3. The molecule has 4 heteroatoms. The first kappa shape index (κ1) is 13.9. The summed E-state index contributed by atoms with van der Waals surface area (Å²) in [5, 5.41) is 1.13. The molecule has 2 rings (SSSR count). The molecule has 0 amide bonds. The van der Waals surface area contributed by atoms with Crippen molar-refractivity contribution in [3.8, 4) is 0 Å². The zero-order valence-electron chi connectivity index (χ0n) is 10.7. The van der Waals surface area contributed by atoms with E-state index in [0.717, 1.165) is 12.3 Å². The van der Waals surface area contributed by atoms with Gasteiger partial charge in [0.15, 0.2) is 5.78 Å². The van der Waals surface area contributed by atoms with Crippen molar-refractivity contribution in [1.29, 1.82) is 0 Å². The van der Waals surface area contributed by atoms with Crippen LogP contribution in [0.3, 0.4) is 0 Å². The van der Waals surface area contributed by atoms with E-state index in [0.29, 0.717) is 28.4 Å². The van der Waals surface area contributed by atoms with Crippen molar-refractivity contribution in [2.75, 3.05) is 18.8 Å². The molecule has 0 aromatic heterocycles. The van der Waals surface area contributed by atoms with Crippen LogP contribution in [0.2, 0.25) is 5.02 Å². The first-order valence-corrected chi connectivity index (χ1v) is 7.65. The second kappa shape index (κ2) is 6.09. The Morgan fingerprint density at radius 1 is 1.44 bits per heavy atom. The molecular formula is C14H18ClNOS. The number of hydrogen-bond donors (Lipinski definition) is 0. The van der Waals surface area contributed by atoms with E-state index in [-0.39, 0.29) is 5.78 Å². The molecule has 18 heavy (non-hydrogen) atoms. The Morgan fingerprint density at radius 2 is 2.17 bits per heavy atom. The van der Waals surface area contributed by atoms with Gasteiger partial charge in [-0.2, -0.15) is 11.8 Å². The fourth-order valence-electron chi connectivity index (χ4n) is 2.18. The summed E-state index contributed by atoms with van der Waals surface area (Å²) in [4.78, 5) is 14.5. The van der Waals surface area contributed by atoms with E-state index in [9.17, 15) is 4.79 Å². The Labute approximate surface area is 118 Å². The third kappa shape index (κ3) is 3.08. The Morgan fingerprint density at radius 3 is 2.89 bits per heavy atom. The lowest BCUT2D eigenvalue weighted by Crippen LogP contribution is -2.46. The molecule has 2 unspecified atom stereocenters. The molecule has 1 saturated heterocycles. The lowest BCUT2D eigenvalue weighted by atomic mass is 10.1. The molecule has 1 aromatic carbocycles. The highest BCUT2D eigenvalue weighted by molar-refractivity contribution is 8.00. The van der Waals surface area contributed by atoms with Gasteiger partial charge in [-0.3, -0.25) is 9.69 Å². The Hall–Kier alpha value is -0.510. The third-order valence-corrected chi connectivity index (χ3v) is 5.20. The summed E-state index contributed by atoms with van der Waals surface area (Å²) >= 11 is 8.04. The smallest absolute Gasteiger partial charge is 0.178 e. The highest BCUT2D eigenvalue weighted by Gasteiger charge is 2.27. The van der Waals surface area contributed by atoms with E-state index in [1.54, 1.807) is 12.1 Å². The Balaban J connectivity index is 2.05. The standard InChI is InChI=1S/C14H18ClNOS/c1-10-11(2)18-8-7-16(10)9-14(17)12-5-3-4-6-13(12)15/h3-6,10-11H,7-9H2,1-2H3. The number of hydrogen-bond acceptors (Lipinski definition) is 3. The number of thioether (sulfide) groups is 1. The second-order valence-corrected chi connectivity index (χ2v) is 6.58. The molecule has 0 saturated carbocycles. The van der Waals surface area contributed by atoms with E-state index < -0.39 is 0 Å². The minimum Gasteiger partial charge on any atom is -0.293 e. The van der Waals surface area contributed by atoms with Crippen LogP contribution >= 0.6 is 23.4 Å². The van der Waals surface area contributed by atoms with Gasteiger partial charge in [-0.25, -0.2) is 0 Å². The van der Waals surface area contributed by atoms with E-state index in [4.69, 9.17) is 11.6 Å². The zero-order chi connectivity index (χ0) is 13.1. The van der Waals surface area contributed by atoms with Crippen LogP contribution in [-0.4, -0.2) is 40.8 Å². The maximum absolute atomic E-state index is 12.3. The number of halogens is 1. The lowest BCUT2D eigenvalue weighted by molar-refractivity contribution is 0.0902. The summed E-state index contributed by atoms with van der Waals surface area (Å²) in [7, 11) is 0. The van der Waals surface area contributed by atoms with Gasteiger partial charge in [0.1, 0.15) is 0 Å². The summed E-state index contributed by atoms with van der Waals surface area (Å²) < 4.78 is 0. The molecular weight excluding hydrogens is 266 g/mol.